The molecule has 0 bridgehead atoms. The van der Waals surface area contributed by atoms with Crippen molar-refractivity contribution in [3.8, 4) is 5.75 Å². The third kappa shape index (κ3) is 2.96. The molecule has 144 valence electrons. The number of carbonyl (C=O) groups excluding carboxylic acids is 2. The van der Waals surface area contributed by atoms with E-state index in [2.05, 4.69) is 5.32 Å². The molecule has 1 aliphatic carbocycles. The van der Waals surface area contributed by atoms with Crippen molar-refractivity contribution in [2.45, 2.75) is 25.8 Å². The van der Waals surface area contributed by atoms with Crippen molar-refractivity contribution in [1.82, 2.24) is 4.57 Å². The van der Waals surface area contributed by atoms with Crippen LogP contribution < -0.4 is 10.0 Å². The highest BCUT2D eigenvalue weighted by Gasteiger charge is 2.33. The van der Waals surface area contributed by atoms with Gasteiger partial charge in [0.15, 0.2) is 0 Å². The van der Waals surface area contributed by atoms with E-state index in [4.69, 9.17) is 23.2 Å². The van der Waals surface area contributed by atoms with Gasteiger partial charge in [-0.1, -0.05) is 35.3 Å². The van der Waals surface area contributed by atoms with Crippen molar-refractivity contribution < 1.29 is 19.4 Å². The van der Waals surface area contributed by atoms with Crippen molar-refractivity contribution in [1.29, 1.82) is 0 Å². The molecule has 1 fully saturated rings. The molecule has 0 saturated heterocycles. The Morgan fingerprint density at radius 2 is 1.89 bits per heavy atom. The lowest BCUT2D eigenvalue weighted by Crippen LogP contribution is -2.28. The zero-order valence-corrected chi connectivity index (χ0v) is 16.2. The number of Topliss-reactive ketones (excluding diaryl/α,β-unsaturated/α-hetero) is 1. The fourth-order valence-electron chi connectivity index (χ4n) is 3.45. The number of aromatic hydroxyl groups is 1. The first kappa shape index (κ1) is 18.6. The van der Waals surface area contributed by atoms with Gasteiger partial charge < -0.3 is 20.2 Å². The predicted octanol–water partition coefficient (Wildman–Crippen LogP) is 3.75. The van der Waals surface area contributed by atoms with Gasteiger partial charge in [-0.3, -0.25) is 9.59 Å². The van der Waals surface area contributed by atoms with Gasteiger partial charge in [0.25, 0.3) is 11.7 Å². The van der Waals surface area contributed by atoms with E-state index < -0.39 is 11.7 Å². The van der Waals surface area contributed by atoms with Crippen molar-refractivity contribution in [2.75, 3.05) is 5.32 Å². The number of benzene rings is 1. The number of phenols is 1. The zero-order chi connectivity index (χ0) is 20.2. The largest absolute Gasteiger partial charge is 0.619 e. The number of anilines is 1. The summed E-state index contributed by atoms with van der Waals surface area (Å²) in [5, 5.41) is 24.4. The molecule has 4 rings (SSSR count). The lowest BCUT2D eigenvalue weighted by atomic mass is 10.1. The third-order valence-electron chi connectivity index (χ3n) is 4.79. The van der Waals surface area contributed by atoms with Crippen LogP contribution in [0.3, 0.4) is 0 Å². The maximum absolute atomic E-state index is 13.0. The van der Waals surface area contributed by atoms with Crippen LogP contribution in [0.2, 0.25) is 10.0 Å². The van der Waals surface area contributed by atoms with Gasteiger partial charge in [0.1, 0.15) is 15.8 Å². The highest BCUT2D eigenvalue weighted by atomic mass is 35.5. The first-order valence-electron chi connectivity index (χ1n) is 8.55. The summed E-state index contributed by atoms with van der Waals surface area (Å²) >= 11 is 11.9. The molecular formula is C19H15Cl2N3O4. The summed E-state index contributed by atoms with van der Waals surface area (Å²) in [6.07, 6.45) is 3.94. The highest BCUT2D eigenvalue weighted by molar-refractivity contribution is 6.50. The average Bonchev–Trinajstić information content (AvgIpc) is 3.41. The van der Waals surface area contributed by atoms with Crippen LogP contribution in [0.25, 0.3) is 10.9 Å². The quantitative estimate of drug-likeness (QED) is 0.291. The summed E-state index contributed by atoms with van der Waals surface area (Å²) < 4.78 is 2.31. The van der Waals surface area contributed by atoms with Gasteiger partial charge in [-0.05, 0) is 25.8 Å². The number of nitrogens with one attached hydrogen (secondary N) is 1. The van der Waals surface area contributed by atoms with Crippen molar-refractivity contribution in [3.05, 3.63) is 57.1 Å². The molecular weight excluding hydrogens is 405 g/mol. The molecule has 2 aromatic heterocycles. The lowest BCUT2D eigenvalue weighted by Gasteiger charge is -2.09. The van der Waals surface area contributed by atoms with Crippen LogP contribution >= 0.6 is 23.2 Å². The van der Waals surface area contributed by atoms with E-state index in [9.17, 15) is 19.9 Å². The third-order valence-corrected chi connectivity index (χ3v) is 5.36. The molecule has 3 aromatic rings. The van der Waals surface area contributed by atoms with Gasteiger partial charge in [-0.2, -0.15) is 4.73 Å². The second-order valence-corrected chi connectivity index (χ2v) is 7.52. The molecule has 1 saturated carbocycles. The number of aromatic nitrogens is 2. The van der Waals surface area contributed by atoms with E-state index in [1.807, 2.05) is 4.57 Å². The van der Waals surface area contributed by atoms with Gasteiger partial charge in [-0.25, -0.2) is 0 Å². The first-order chi connectivity index (χ1) is 13.3. The average molecular weight is 420 g/mol. The van der Waals surface area contributed by atoms with Gasteiger partial charge in [0.2, 0.25) is 12.4 Å². The number of carbonyl (C=O) groups is 2. The molecule has 0 aliphatic heterocycles. The minimum absolute atomic E-state index is 0.0137. The Kier molecular flexibility index (Phi) is 4.44. The SMILES string of the molecule is Cc1c(C(=O)C(=O)Nc2c(Cl)c[n+]([O-])cc2Cl)c2cccc(O)c2n1C1CC1. The molecule has 2 N–H and O–H groups in total. The number of halogens is 2. The van der Waals surface area contributed by atoms with Gasteiger partial charge >= 0.3 is 0 Å². The maximum atomic E-state index is 13.0. The van der Waals surface area contributed by atoms with Crippen LogP contribution in [-0.2, 0) is 4.79 Å². The molecule has 9 heteroatoms. The summed E-state index contributed by atoms with van der Waals surface area (Å²) in [5.74, 6) is -1.66. The maximum Gasteiger partial charge on any atom is 0.296 e. The number of rotatable bonds is 4. The monoisotopic (exact) mass is 419 g/mol. The van der Waals surface area contributed by atoms with Crippen LogP contribution in [0.15, 0.2) is 30.6 Å². The Balaban J connectivity index is 1.77. The van der Waals surface area contributed by atoms with Crippen LogP contribution in [0, 0.1) is 12.1 Å². The summed E-state index contributed by atoms with van der Waals surface area (Å²) in [6, 6.07) is 5.08. The number of pyridine rings is 1. The van der Waals surface area contributed by atoms with Gasteiger partial charge in [0.05, 0.1) is 16.8 Å². The molecule has 0 atom stereocenters. The molecule has 0 unspecified atom stereocenters. The number of amides is 1. The van der Waals surface area contributed by atoms with E-state index in [1.54, 1.807) is 25.1 Å². The molecule has 28 heavy (non-hydrogen) atoms. The number of fused-ring (bicyclic) bond motifs is 1. The number of hydrogen-bond donors (Lipinski definition) is 2. The second-order valence-electron chi connectivity index (χ2n) is 6.71. The van der Waals surface area contributed by atoms with Crippen LogP contribution in [-0.4, -0.2) is 21.4 Å². The van der Waals surface area contributed by atoms with Gasteiger partial charge in [0, 0.05) is 17.1 Å². The normalized spacial score (nSPS) is 13.7. The zero-order valence-electron chi connectivity index (χ0n) is 14.7. The second kappa shape index (κ2) is 6.68. The summed E-state index contributed by atoms with van der Waals surface area (Å²) in [6.45, 7) is 1.75. The summed E-state index contributed by atoms with van der Waals surface area (Å²) in [4.78, 5) is 25.6. The van der Waals surface area contributed by atoms with E-state index >= 15 is 0 Å². The number of hydrogen-bond acceptors (Lipinski definition) is 4. The smallest absolute Gasteiger partial charge is 0.296 e. The standard InChI is InChI=1S/C19H15Cl2N3O4/c1-9-15(11-3-2-4-14(25)17(11)24(9)10-5-6-10)18(26)19(27)22-16-12(20)7-23(28)8-13(16)21/h2-4,7-8,10,25H,5-6H2,1H3,(H,22,27). The molecule has 1 amide bonds. The van der Waals surface area contributed by atoms with Crippen LogP contribution in [0.1, 0.15) is 34.9 Å². The molecule has 0 radical (unpaired) electrons. The van der Waals surface area contributed by atoms with Crippen LogP contribution in [0.5, 0.6) is 5.75 Å². The Morgan fingerprint density at radius 3 is 2.50 bits per heavy atom. The number of ketones is 1. The minimum atomic E-state index is -0.936. The molecule has 1 aliphatic rings. The van der Waals surface area contributed by atoms with E-state index in [-0.39, 0.29) is 33.1 Å². The summed E-state index contributed by atoms with van der Waals surface area (Å²) in [7, 11) is 0. The summed E-state index contributed by atoms with van der Waals surface area (Å²) in [5.41, 5.74) is 1.36. The fourth-order valence-corrected chi connectivity index (χ4v) is 3.99. The predicted molar refractivity (Wildman–Crippen MR) is 105 cm³/mol. The fraction of sp³-hybridized carbons (Fsp3) is 0.211. The molecule has 0 spiro atoms. The number of para-hydroxylation sites is 1. The Morgan fingerprint density at radius 1 is 1.25 bits per heavy atom. The van der Waals surface area contributed by atoms with Crippen LogP contribution in [0.4, 0.5) is 5.69 Å². The first-order valence-corrected chi connectivity index (χ1v) is 9.31. The van der Waals surface area contributed by atoms with E-state index in [0.29, 0.717) is 21.3 Å². The van der Waals surface area contributed by atoms with Crippen molar-refractivity contribution >= 4 is 51.5 Å². The molecule has 1 aromatic carbocycles. The molecule has 2 heterocycles. The van der Waals surface area contributed by atoms with Crippen molar-refractivity contribution in [2.24, 2.45) is 0 Å². The van der Waals surface area contributed by atoms with Crippen molar-refractivity contribution in [3.63, 3.8) is 0 Å². The number of phenolic OH excluding ortho intramolecular Hbond substituents is 1. The Hall–Kier alpha value is -2.77. The van der Waals surface area contributed by atoms with E-state index in [0.717, 1.165) is 25.2 Å². The number of nitrogens with zero attached hydrogens (tertiary/aromatic N) is 2. The van der Waals surface area contributed by atoms with E-state index in [1.165, 1.54) is 0 Å². The highest BCUT2D eigenvalue weighted by Crippen LogP contribution is 2.43. The topological polar surface area (TPSA) is 98.3 Å². The Labute approximate surface area is 169 Å². The molecule has 7 nitrogen and oxygen atoms in total. The lowest BCUT2D eigenvalue weighted by molar-refractivity contribution is -0.605. The Bertz CT molecular complexity index is 1130. The minimum Gasteiger partial charge on any atom is -0.619 e. The van der Waals surface area contributed by atoms with Gasteiger partial charge in [-0.15, -0.1) is 0 Å².